The average Bonchev–Trinajstić information content (AvgIpc) is 1.30. The zero-order valence-electron chi connectivity index (χ0n) is 63.0. The minimum absolute atomic E-state index is 0.104. The lowest BCUT2D eigenvalue weighted by Crippen LogP contribution is -2.30. The van der Waals surface area contributed by atoms with Gasteiger partial charge < -0.3 is 33.8 Å². The summed E-state index contributed by atoms with van der Waals surface area (Å²) in [4.78, 5) is 72.8. The molecule has 17 nitrogen and oxygen atoms in total. The number of aliphatic hydroxyl groups excluding tert-OH is 1. The SMILES string of the molecule is CC(C)CCCCCCCCCCCCCCCCCCCCC(=O)OC[C@H](COP(=O)(O)OCC(O)COP(=O)(O)OC[C@@H](COC(=O)CCCCCCCCCCC(C)C)OC(=O)CCCCCCCCCCCC(C)C)OC(=O)CCCCCCCCCCCC(C)C. The smallest absolute Gasteiger partial charge is 0.462 e. The number of carbonyl (C=O) groups is 4. The van der Waals surface area contributed by atoms with Crippen LogP contribution in [0.4, 0.5) is 0 Å². The van der Waals surface area contributed by atoms with Gasteiger partial charge in [0.15, 0.2) is 12.2 Å². The second-order valence-electron chi connectivity index (χ2n) is 29.7. The van der Waals surface area contributed by atoms with Gasteiger partial charge in [-0.3, -0.25) is 37.3 Å². The zero-order valence-corrected chi connectivity index (χ0v) is 64.8. The molecule has 0 radical (unpaired) electrons. The Morgan fingerprint density at radius 1 is 0.260 bits per heavy atom. The normalized spacial score (nSPS) is 14.1. The fourth-order valence-electron chi connectivity index (χ4n) is 11.7. The van der Waals surface area contributed by atoms with Crippen molar-refractivity contribution in [3.05, 3.63) is 0 Å². The maximum Gasteiger partial charge on any atom is 0.472 e. The van der Waals surface area contributed by atoms with Crippen LogP contribution in [-0.4, -0.2) is 96.7 Å². The summed E-state index contributed by atoms with van der Waals surface area (Å²) in [5.41, 5.74) is 0. The van der Waals surface area contributed by atoms with Crippen molar-refractivity contribution in [2.24, 2.45) is 23.7 Å². The van der Waals surface area contributed by atoms with E-state index in [4.69, 9.17) is 37.0 Å². The Morgan fingerprint density at radius 2 is 0.438 bits per heavy atom. The molecule has 0 aliphatic rings. The first kappa shape index (κ1) is 94.1. The topological polar surface area (TPSA) is 237 Å². The van der Waals surface area contributed by atoms with Crippen LogP contribution in [0, 0.1) is 23.7 Å². The zero-order chi connectivity index (χ0) is 71.0. The number of unbranched alkanes of at least 4 members (excludes halogenated alkanes) is 40. The van der Waals surface area contributed by atoms with Gasteiger partial charge in [-0.1, -0.05) is 338 Å². The van der Waals surface area contributed by atoms with Crippen molar-refractivity contribution >= 4 is 39.5 Å². The third-order valence-corrected chi connectivity index (χ3v) is 19.7. The molecule has 0 heterocycles. The Hall–Kier alpha value is -1.94. The largest absolute Gasteiger partial charge is 0.472 e. The van der Waals surface area contributed by atoms with Crippen molar-refractivity contribution in [1.29, 1.82) is 0 Å². The van der Waals surface area contributed by atoms with Crippen LogP contribution >= 0.6 is 15.6 Å². The summed E-state index contributed by atoms with van der Waals surface area (Å²) in [5, 5.41) is 10.6. The molecule has 0 bridgehead atoms. The number of carbonyl (C=O) groups excluding carboxylic acids is 4. The highest BCUT2D eigenvalue weighted by Gasteiger charge is 2.30. The molecule has 0 aromatic carbocycles. The lowest BCUT2D eigenvalue weighted by Gasteiger charge is -2.21. The molecule has 3 N–H and O–H groups in total. The highest BCUT2D eigenvalue weighted by Crippen LogP contribution is 2.45. The number of aliphatic hydroxyl groups is 1. The Bertz CT molecular complexity index is 1880. The fraction of sp³-hybridized carbons (Fsp3) is 0.948. The first-order valence-corrected chi connectivity index (χ1v) is 42.7. The number of phosphoric acid groups is 2. The first-order valence-electron chi connectivity index (χ1n) is 39.7. The molecule has 570 valence electrons. The summed E-state index contributed by atoms with van der Waals surface area (Å²) in [6.45, 7) is 14.2. The predicted octanol–water partition coefficient (Wildman–Crippen LogP) is 22.4. The van der Waals surface area contributed by atoms with Crippen LogP contribution in [0.1, 0.15) is 389 Å². The molecule has 0 saturated heterocycles. The molecule has 0 rings (SSSR count). The van der Waals surface area contributed by atoms with Gasteiger partial charge in [-0.05, 0) is 49.4 Å². The van der Waals surface area contributed by atoms with Crippen LogP contribution in [0.15, 0.2) is 0 Å². The number of rotatable bonds is 74. The third-order valence-electron chi connectivity index (χ3n) is 17.8. The van der Waals surface area contributed by atoms with E-state index in [0.29, 0.717) is 25.7 Å². The summed E-state index contributed by atoms with van der Waals surface area (Å²) in [7, 11) is -9.91. The monoisotopic (exact) mass is 1410 g/mol. The fourth-order valence-corrected chi connectivity index (χ4v) is 13.3. The van der Waals surface area contributed by atoms with E-state index in [1.165, 1.54) is 193 Å². The summed E-state index contributed by atoms with van der Waals surface area (Å²) >= 11 is 0. The quantitative estimate of drug-likeness (QED) is 0.0222. The van der Waals surface area contributed by atoms with Gasteiger partial charge >= 0.3 is 39.5 Å². The first-order chi connectivity index (χ1) is 46.1. The van der Waals surface area contributed by atoms with Gasteiger partial charge in [0.2, 0.25) is 0 Å². The molecule has 0 aromatic rings. The summed E-state index contributed by atoms with van der Waals surface area (Å²) in [5.74, 6) is 0.900. The van der Waals surface area contributed by atoms with Gasteiger partial charge in [-0.25, -0.2) is 9.13 Å². The molecule has 3 unspecified atom stereocenters. The van der Waals surface area contributed by atoms with Crippen LogP contribution < -0.4 is 0 Å². The molecule has 0 aliphatic carbocycles. The number of hydrogen-bond acceptors (Lipinski definition) is 15. The molecule has 0 amide bonds. The average molecular weight is 1410 g/mol. The van der Waals surface area contributed by atoms with Crippen molar-refractivity contribution in [2.45, 2.75) is 408 Å². The minimum atomic E-state index is -4.96. The van der Waals surface area contributed by atoms with Crippen LogP contribution in [0.2, 0.25) is 0 Å². The van der Waals surface area contributed by atoms with Gasteiger partial charge in [0.1, 0.15) is 19.3 Å². The molecule has 19 heteroatoms. The number of esters is 4. The lowest BCUT2D eigenvalue weighted by atomic mass is 10.0. The van der Waals surface area contributed by atoms with Crippen molar-refractivity contribution in [3.8, 4) is 0 Å². The molecule has 0 saturated carbocycles. The van der Waals surface area contributed by atoms with E-state index in [1.54, 1.807) is 0 Å². The number of ether oxygens (including phenoxy) is 4. The van der Waals surface area contributed by atoms with E-state index in [9.17, 15) is 43.2 Å². The van der Waals surface area contributed by atoms with E-state index < -0.39 is 97.5 Å². The molecule has 0 spiro atoms. The van der Waals surface area contributed by atoms with Crippen molar-refractivity contribution in [3.63, 3.8) is 0 Å². The Balaban J connectivity index is 5.18. The van der Waals surface area contributed by atoms with Crippen LogP contribution in [0.25, 0.3) is 0 Å². The van der Waals surface area contributed by atoms with Crippen molar-refractivity contribution < 1.29 is 80.2 Å². The second-order valence-corrected chi connectivity index (χ2v) is 32.6. The summed E-state index contributed by atoms with van der Waals surface area (Å²) in [6.07, 6.45) is 51.6. The van der Waals surface area contributed by atoms with Crippen molar-refractivity contribution in [1.82, 2.24) is 0 Å². The number of phosphoric ester groups is 2. The van der Waals surface area contributed by atoms with Crippen LogP contribution in [0.3, 0.4) is 0 Å². The Morgan fingerprint density at radius 3 is 0.646 bits per heavy atom. The highest BCUT2D eigenvalue weighted by atomic mass is 31.2. The number of hydrogen-bond donors (Lipinski definition) is 3. The molecule has 5 atom stereocenters. The standard InChI is InChI=1S/C77H150O17P2/c1-67(2)53-45-37-29-21-17-15-13-11-9-10-12-14-16-18-24-33-41-49-57-74(79)87-63-72(93-76(81)59-51-43-35-25-19-22-30-38-46-54-68(3)4)65-91-95(83,84)89-61-71(78)62-90-96(85,86)92-66-73(64-88-75(80)58-50-42-34-28-27-32-40-48-56-70(7)8)94-77(82)60-52-44-36-26-20-23-31-39-47-55-69(5)6/h67-73,78H,9-66H2,1-8H3,(H,83,84)(H,85,86)/t71?,72-,73-/m1/s1. The Labute approximate surface area is 588 Å². The van der Waals surface area contributed by atoms with E-state index in [2.05, 4.69) is 55.4 Å². The van der Waals surface area contributed by atoms with Gasteiger partial charge in [-0.15, -0.1) is 0 Å². The van der Waals surface area contributed by atoms with E-state index in [1.807, 2.05) is 0 Å². The summed E-state index contributed by atoms with van der Waals surface area (Å²) in [6, 6.07) is 0. The van der Waals surface area contributed by atoms with Gasteiger partial charge in [-0.2, -0.15) is 0 Å². The summed E-state index contributed by atoms with van der Waals surface area (Å²) < 4.78 is 68.5. The molecular weight excluding hydrogens is 1260 g/mol. The second kappa shape index (κ2) is 66.3. The molecular formula is C77H150O17P2. The maximum absolute atomic E-state index is 13.1. The third kappa shape index (κ3) is 70.5. The maximum atomic E-state index is 13.1. The minimum Gasteiger partial charge on any atom is -0.462 e. The molecule has 0 aromatic heterocycles. The molecule has 96 heavy (non-hydrogen) atoms. The Kier molecular flexibility index (Phi) is 65.0. The molecule has 0 fully saturated rings. The van der Waals surface area contributed by atoms with E-state index in [-0.39, 0.29) is 25.7 Å². The predicted molar refractivity (Wildman–Crippen MR) is 391 cm³/mol. The van der Waals surface area contributed by atoms with E-state index in [0.717, 1.165) is 114 Å². The van der Waals surface area contributed by atoms with E-state index >= 15 is 0 Å². The lowest BCUT2D eigenvalue weighted by molar-refractivity contribution is -0.161. The van der Waals surface area contributed by atoms with Crippen LogP contribution in [0.5, 0.6) is 0 Å². The van der Waals surface area contributed by atoms with Crippen molar-refractivity contribution in [2.75, 3.05) is 39.6 Å². The van der Waals surface area contributed by atoms with Gasteiger partial charge in [0.25, 0.3) is 0 Å². The van der Waals surface area contributed by atoms with Gasteiger partial charge in [0, 0.05) is 25.7 Å². The molecule has 0 aliphatic heterocycles. The van der Waals surface area contributed by atoms with Gasteiger partial charge in [0.05, 0.1) is 26.4 Å². The highest BCUT2D eigenvalue weighted by molar-refractivity contribution is 7.47. The van der Waals surface area contributed by atoms with Crippen LogP contribution in [-0.2, 0) is 65.4 Å².